The molecule has 3 heteroatoms. The lowest BCUT2D eigenvalue weighted by molar-refractivity contribution is 0.363. The first-order chi connectivity index (χ1) is 9.67. The van der Waals surface area contributed by atoms with E-state index in [1.165, 1.54) is 30.5 Å². The van der Waals surface area contributed by atoms with E-state index in [-0.39, 0.29) is 0 Å². The van der Waals surface area contributed by atoms with Crippen molar-refractivity contribution in [3.8, 4) is 5.75 Å². The Balaban J connectivity index is 2.09. The molecule has 2 rings (SSSR count). The molecular formula is C17H28N2O. The van der Waals surface area contributed by atoms with Crippen LogP contribution in [0.25, 0.3) is 0 Å². The molecule has 1 heterocycles. The third kappa shape index (κ3) is 3.32. The fourth-order valence-electron chi connectivity index (χ4n) is 3.51. The number of pyridine rings is 1. The molecule has 1 aromatic heterocycles. The molecule has 1 aliphatic rings. The standard InChI is InChI=1S/C17H28N2O/c1-5-18-11-15-8-6-7-14(15)9-16-13(3)17(20-4)12(2)10-19-16/h10,14-15,18H,5-9,11H2,1-4H3. The summed E-state index contributed by atoms with van der Waals surface area (Å²) in [6.07, 6.45) is 7.11. The van der Waals surface area contributed by atoms with Crippen LogP contribution in [0.1, 0.15) is 43.0 Å². The van der Waals surface area contributed by atoms with Gasteiger partial charge >= 0.3 is 0 Å². The van der Waals surface area contributed by atoms with E-state index in [0.717, 1.165) is 42.7 Å². The van der Waals surface area contributed by atoms with Gasteiger partial charge < -0.3 is 10.1 Å². The normalized spacial score (nSPS) is 22.2. The van der Waals surface area contributed by atoms with Crippen molar-refractivity contribution in [3.05, 3.63) is 23.0 Å². The van der Waals surface area contributed by atoms with E-state index in [1.54, 1.807) is 7.11 Å². The highest BCUT2D eigenvalue weighted by Gasteiger charge is 2.28. The predicted molar refractivity (Wildman–Crippen MR) is 83.3 cm³/mol. The molecule has 0 saturated heterocycles. The van der Waals surface area contributed by atoms with Gasteiger partial charge in [-0.1, -0.05) is 13.3 Å². The van der Waals surface area contributed by atoms with Gasteiger partial charge in [-0.3, -0.25) is 4.98 Å². The fraction of sp³-hybridized carbons (Fsp3) is 0.706. The van der Waals surface area contributed by atoms with Crippen LogP contribution in [-0.2, 0) is 6.42 Å². The van der Waals surface area contributed by atoms with Gasteiger partial charge in [-0.15, -0.1) is 0 Å². The van der Waals surface area contributed by atoms with Crippen LogP contribution in [-0.4, -0.2) is 25.2 Å². The van der Waals surface area contributed by atoms with Crippen LogP contribution in [0.4, 0.5) is 0 Å². The number of nitrogens with one attached hydrogen (secondary N) is 1. The third-order valence-electron chi connectivity index (χ3n) is 4.68. The monoisotopic (exact) mass is 276 g/mol. The molecule has 0 aromatic carbocycles. The predicted octanol–water partition coefficient (Wildman–Crippen LogP) is 3.28. The molecule has 0 aliphatic heterocycles. The van der Waals surface area contributed by atoms with Gasteiger partial charge in [-0.25, -0.2) is 0 Å². The van der Waals surface area contributed by atoms with E-state index in [0.29, 0.717) is 0 Å². The minimum absolute atomic E-state index is 0.771. The Morgan fingerprint density at radius 2 is 2.05 bits per heavy atom. The van der Waals surface area contributed by atoms with Crippen LogP contribution in [0, 0.1) is 25.7 Å². The van der Waals surface area contributed by atoms with Gasteiger partial charge in [0, 0.05) is 23.0 Å². The molecule has 112 valence electrons. The molecule has 1 aliphatic carbocycles. The fourth-order valence-corrected chi connectivity index (χ4v) is 3.51. The van der Waals surface area contributed by atoms with Crippen molar-refractivity contribution in [2.45, 2.75) is 46.5 Å². The highest BCUT2D eigenvalue weighted by Crippen LogP contribution is 2.35. The van der Waals surface area contributed by atoms with Crippen molar-refractivity contribution < 1.29 is 4.74 Å². The van der Waals surface area contributed by atoms with Crippen molar-refractivity contribution in [1.29, 1.82) is 0 Å². The third-order valence-corrected chi connectivity index (χ3v) is 4.68. The van der Waals surface area contributed by atoms with Gasteiger partial charge in [0.15, 0.2) is 0 Å². The first-order valence-corrected chi connectivity index (χ1v) is 7.87. The summed E-state index contributed by atoms with van der Waals surface area (Å²) in [4.78, 5) is 4.66. The second-order valence-corrected chi connectivity index (χ2v) is 6.01. The summed E-state index contributed by atoms with van der Waals surface area (Å²) < 4.78 is 5.52. The topological polar surface area (TPSA) is 34.2 Å². The van der Waals surface area contributed by atoms with Crippen molar-refractivity contribution in [2.75, 3.05) is 20.2 Å². The molecule has 1 N–H and O–H groups in total. The minimum atomic E-state index is 0.771. The number of nitrogens with zero attached hydrogens (tertiary/aromatic N) is 1. The first-order valence-electron chi connectivity index (χ1n) is 7.87. The Kier molecular flexibility index (Phi) is 5.41. The molecule has 1 aromatic rings. The summed E-state index contributed by atoms with van der Waals surface area (Å²) in [5.41, 5.74) is 3.58. The van der Waals surface area contributed by atoms with E-state index in [4.69, 9.17) is 4.74 Å². The minimum Gasteiger partial charge on any atom is -0.496 e. The van der Waals surface area contributed by atoms with Gasteiger partial charge in [-0.05, 0) is 58.0 Å². The number of ether oxygens (including phenoxy) is 1. The summed E-state index contributed by atoms with van der Waals surface area (Å²) in [6, 6.07) is 0. The summed E-state index contributed by atoms with van der Waals surface area (Å²) in [6.45, 7) is 8.61. The number of hydrogen-bond donors (Lipinski definition) is 1. The summed E-state index contributed by atoms with van der Waals surface area (Å²) >= 11 is 0. The lowest BCUT2D eigenvalue weighted by Crippen LogP contribution is -2.26. The van der Waals surface area contributed by atoms with Gasteiger partial charge in [0.25, 0.3) is 0 Å². The number of aromatic nitrogens is 1. The quantitative estimate of drug-likeness (QED) is 0.866. The van der Waals surface area contributed by atoms with Crippen LogP contribution in [0.3, 0.4) is 0 Å². The highest BCUT2D eigenvalue weighted by atomic mass is 16.5. The van der Waals surface area contributed by atoms with Gasteiger partial charge in [0.2, 0.25) is 0 Å². The lowest BCUT2D eigenvalue weighted by Gasteiger charge is -2.21. The molecule has 20 heavy (non-hydrogen) atoms. The van der Waals surface area contributed by atoms with E-state index in [9.17, 15) is 0 Å². The van der Waals surface area contributed by atoms with Crippen LogP contribution in [0.2, 0.25) is 0 Å². The zero-order chi connectivity index (χ0) is 14.5. The second kappa shape index (κ2) is 7.07. The van der Waals surface area contributed by atoms with E-state index < -0.39 is 0 Å². The van der Waals surface area contributed by atoms with Crippen molar-refractivity contribution >= 4 is 0 Å². The molecule has 0 radical (unpaired) electrons. The molecule has 0 bridgehead atoms. The summed E-state index contributed by atoms with van der Waals surface area (Å²) in [5.74, 6) is 2.59. The van der Waals surface area contributed by atoms with E-state index in [2.05, 4.69) is 31.1 Å². The number of hydrogen-bond acceptors (Lipinski definition) is 3. The Bertz CT molecular complexity index is 445. The molecule has 1 saturated carbocycles. The maximum absolute atomic E-state index is 5.52. The average molecular weight is 276 g/mol. The van der Waals surface area contributed by atoms with Gasteiger partial charge in [0.05, 0.1) is 7.11 Å². The molecule has 2 atom stereocenters. The van der Waals surface area contributed by atoms with Crippen LogP contribution >= 0.6 is 0 Å². The maximum Gasteiger partial charge on any atom is 0.128 e. The molecular weight excluding hydrogens is 248 g/mol. The van der Waals surface area contributed by atoms with Crippen molar-refractivity contribution in [1.82, 2.24) is 10.3 Å². The largest absolute Gasteiger partial charge is 0.496 e. The zero-order valence-electron chi connectivity index (χ0n) is 13.3. The van der Waals surface area contributed by atoms with Gasteiger partial charge in [-0.2, -0.15) is 0 Å². The van der Waals surface area contributed by atoms with Crippen molar-refractivity contribution in [2.24, 2.45) is 11.8 Å². The second-order valence-electron chi connectivity index (χ2n) is 6.01. The van der Waals surface area contributed by atoms with Gasteiger partial charge in [0.1, 0.15) is 5.75 Å². The number of rotatable bonds is 6. The smallest absolute Gasteiger partial charge is 0.128 e. The van der Waals surface area contributed by atoms with Crippen LogP contribution < -0.4 is 10.1 Å². The zero-order valence-corrected chi connectivity index (χ0v) is 13.3. The SMILES string of the molecule is CCNCC1CCCC1Cc1ncc(C)c(OC)c1C. The Hall–Kier alpha value is -1.09. The number of aryl methyl sites for hydroxylation is 1. The Labute approximate surface area is 123 Å². The highest BCUT2D eigenvalue weighted by molar-refractivity contribution is 5.41. The van der Waals surface area contributed by atoms with E-state index >= 15 is 0 Å². The maximum atomic E-state index is 5.52. The first kappa shape index (κ1) is 15.3. The molecule has 0 amide bonds. The molecule has 0 spiro atoms. The average Bonchev–Trinajstić information content (AvgIpc) is 2.87. The molecule has 1 fully saturated rings. The lowest BCUT2D eigenvalue weighted by atomic mass is 9.90. The molecule has 3 nitrogen and oxygen atoms in total. The van der Waals surface area contributed by atoms with E-state index in [1.807, 2.05) is 6.20 Å². The Morgan fingerprint density at radius 3 is 2.75 bits per heavy atom. The molecule has 2 unspecified atom stereocenters. The Morgan fingerprint density at radius 1 is 1.30 bits per heavy atom. The summed E-state index contributed by atoms with van der Waals surface area (Å²) in [5, 5.41) is 3.51. The van der Waals surface area contributed by atoms with Crippen LogP contribution in [0.15, 0.2) is 6.20 Å². The van der Waals surface area contributed by atoms with Crippen LogP contribution in [0.5, 0.6) is 5.75 Å². The number of methoxy groups -OCH3 is 1. The van der Waals surface area contributed by atoms with Crippen molar-refractivity contribution in [3.63, 3.8) is 0 Å². The summed E-state index contributed by atoms with van der Waals surface area (Å²) in [7, 11) is 1.75.